The Bertz CT molecular complexity index is 135. The van der Waals surface area contributed by atoms with E-state index in [0.29, 0.717) is 12.1 Å². The summed E-state index contributed by atoms with van der Waals surface area (Å²) in [5.41, 5.74) is 0. The molecule has 14 heavy (non-hydrogen) atoms. The summed E-state index contributed by atoms with van der Waals surface area (Å²) < 4.78 is 0. The first-order valence-corrected chi connectivity index (χ1v) is 5.99. The molecule has 0 radical (unpaired) electrons. The lowest BCUT2D eigenvalue weighted by Crippen LogP contribution is -2.50. The summed E-state index contributed by atoms with van der Waals surface area (Å²) in [5.74, 6) is 0.623. The van der Waals surface area contributed by atoms with Crippen LogP contribution in [0.25, 0.3) is 0 Å². The van der Waals surface area contributed by atoms with Gasteiger partial charge >= 0.3 is 0 Å². The molecule has 0 aromatic carbocycles. The molecule has 1 N–H and O–H groups in total. The molecule has 2 atom stereocenters. The molecule has 0 bridgehead atoms. The minimum absolute atomic E-state index is 0.519. The maximum atomic E-state index is 3.69. The molecule has 2 unspecified atom stereocenters. The Morgan fingerprint density at radius 2 is 1.64 bits per heavy atom. The van der Waals surface area contributed by atoms with Crippen molar-refractivity contribution in [2.75, 3.05) is 14.1 Å². The van der Waals surface area contributed by atoms with Crippen molar-refractivity contribution in [2.24, 2.45) is 0 Å². The summed E-state index contributed by atoms with van der Waals surface area (Å²) in [5, 5.41) is 3.69. The van der Waals surface area contributed by atoms with Crippen LogP contribution >= 0.6 is 0 Å². The second-order valence-corrected chi connectivity index (χ2v) is 4.42. The predicted octanol–water partition coefficient (Wildman–Crippen LogP) is 2.34. The van der Waals surface area contributed by atoms with E-state index in [1.165, 1.54) is 12.6 Å². The van der Waals surface area contributed by atoms with Gasteiger partial charge in [-0.25, -0.2) is 0 Å². The maximum Gasteiger partial charge on any atom is 0.159 e. The van der Waals surface area contributed by atoms with E-state index in [-0.39, 0.29) is 0 Å². The van der Waals surface area contributed by atoms with Crippen LogP contribution < -0.4 is 5.32 Å². The third kappa shape index (κ3) is 4.47. The van der Waals surface area contributed by atoms with E-state index >= 15 is 0 Å². The van der Waals surface area contributed by atoms with Gasteiger partial charge in [-0.05, 0) is 26.5 Å². The van der Waals surface area contributed by atoms with Crippen molar-refractivity contribution in [1.29, 1.82) is 0 Å². The molecule has 0 aliphatic carbocycles. The lowest BCUT2D eigenvalue weighted by atomic mass is 9.41. The Hall–Kier alpha value is -0.0151. The zero-order valence-electron chi connectivity index (χ0n) is 10.8. The second-order valence-electron chi connectivity index (χ2n) is 4.42. The van der Waals surface area contributed by atoms with Crippen LogP contribution in [-0.4, -0.2) is 37.8 Å². The summed E-state index contributed by atoms with van der Waals surface area (Å²) >= 11 is 0. The van der Waals surface area contributed by atoms with Crippen molar-refractivity contribution >= 4 is 6.71 Å². The third-order valence-corrected chi connectivity index (χ3v) is 3.22. The Balaban J connectivity index is 4.06. The van der Waals surface area contributed by atoms with Gasteiger partial charge in [-0.3, -0.25) is 4.90 Å². The monoisotopic (exact) mass is 198 g/mol. The fraction of sp³-hybridized carbons (Fsp3) is 1.00. The summed E-state index contributed by atoms with van der Waals surface area (Å²) in [6.07, 6.45) is 4.23. The lowest BCUT2D eigenvalue weighted by Gasteiger charge is -2.30. The zero-order valence-corrected chi connectivity index (χ0v) is 10.8. The maximum absolute atomic E-state index is 3.69. The number of hydrogen-bond donors (Lipinski definition) is 1. The van der Waals surface area contributed by atoms with Crippen LogP contribution in [0.1, 0.15) is 34.1 Å². The predicted molar refractivity (Wildman–Crippen MR) is 67.1 cm³/mol. The molecule has 0 rings (SSSR count). The summed E-state index contributed by atoms with van der Waals surface area (Å²) in [4.78, 5) is 2.26. The zero-order chi connectivity index (χ0) is 11.1. The van der Waals surface area contributed by atoms with Gasteiger partial charge in [0.2, 0.25) is 0 Å². The van der Waals surface area contributed by atoms with Gasteiger partial charge in [0.05, 0.1) is 6.17 Å². The highest BCUT2D eigenvalue weighted by molar-refractivity contribution is 6.60. The molecule has 0 fully saturated rings. The highest BCUT2D eigenvalue weighted by Gasteiger charge is 2.20. The fourth-order valence-corrected chi connectivity index (χ4v) is 2.07. The van der Waals surface area contributed by atoms with Crippen molar-refractivity contribution in [3.63, 3.8) is 0 Å². The van der Waals surface area contributed by atoms with Crippen molar-refractivity contribution in [1.82, 2.24) is 10.2 Å². The van der Waals surface area contributed by atoms with Gasteiger partial charge in [-0.15, -0.1) is 0 Å². The van der Waals surface area contributed by atoms with E-state index in [9.17, 15) is 0 Å². The average Bonchev–Trinajstić information content (AvgIpc) is 2.15. The SMILES string of the molecule is CCB(CC)C(C)NC(CC)N(C)C. The number of hydrogen-bond acceptors (Lipinski definition) is 2. The summed E-state index contributed by atoms with van der Waals surface area (Å²) in [7, 11) is 4.28. The summed E-state index contributed by atoms with van der Waals surface area (Å²) in [6, 6.07) is 0. The normalized spacial score (nSPS) is 15.6. The molecule has 2 nitrogen and oxygen atoms in total. The van der Waals surface area contributed by atoms with E-state index in [1.807, 2.05) is 0 Å². The van der Waals surface area contributed by atoms with Gasteiger partial charge < -0.3 is 5.32 Å². The van der Waals surface area contributed by atoms with Crippen LogP contribution in [-0.2, 0) is 0 Å². The molecule has 0 aromatic heterocycles. The van der Waals surface area contributed by atoms with Crippen LogP contribution in [0, 0.1) is 0 Å². The highest BCUT2D eigenvalue weighted by atomic mass is 15.2. The Morgan fingerprint density at radius 3 is 1.93 bits per heavy atom. The van der Waals surface area contributed by atoms with Gasteiger partial charge in [-0.1, -0.05) is 40.3 Å². The first kappa shape index (κ1) is 14.0. The molecule has 0 aliphatic rings. The lowest BCUT2D eigenvalue weighted by molar-refractivity contribution is 0.235. The second kappa shape index (κ2) is 7.30. The Kier molecular flexibility index (Phi) is 7.29. The first-order chi connectivity index (χ1) is 6.56. The topological polar surface area (TPSA) is 15.3 Å². The summed E-state index contributed by atoms with van der Waals surface area (Å²) in [6.45, 7) is 9.91. The van der Waals surface area contributed by atoms with E-state index < -0.39 is 0 Å². The van der Waals surface area contributed by atoms with Crippen molar-refractivity contribution in [2.45, 2.75) is 58.9 Å². The van der Waals surface area contributed by atoms with Gasteiger partial charge in [-0.2, -0.15) is 0 Å². The van der Waals surface area contributed by atoms with Gasteiger partial charge in [0, 0.05) is 0 Å². The number of rotatable bonds is 7. The Labute approximate surface area is 90.5 Å². The molecule has 0 heterocycles. The molecule has 0 amide bonds. The third-order valence-electron chi connectivity index (χ3n) is 3.22. The van der Waals surface area contributed by atoms with E-state index in [1.54, 1.807) is 0 Å². The standard InChI is InChI=1S/C11H27BN2/c1-7-11(14(5)6)13-10(4)12(8-2)9-3/h10-11,13H,7-9H2,1-6H3. The number of nitrogens with zero attached hydrogens (tertiary/aromatic N) is 1. The molecular weight excluding hydrogens is 171 g/mol. The van der Waals surface area contributed by atoms with E-state index in [4.69, 9.17) is 0 Å². The molecular formula is C11H27BN2. The van der Waals surface area contributed by atoms with E-state index in [0.717, 1.165) is 13.1 Å². The van der Waals surface area contributed by atoms with Crippen LogP contribution in [0.15, 0.2) is 0 Å². The molecule has 0 aromatic rings. The van der Waals surface area contributed by atoms with Crippen molar-refractivity contribution in [3.05, 3.63) is 0 Å². The van der Waals surface area contributed by atoms with Crippen LogP contribution in [0.2, 0.25) is 12.6 Å². The van der Waals surface area contributed by atoms with Gasteiger partial charge in [0.15, 0.2) is 6.71 Å². The highest BCUT2D eigenvalue weighted by Crippen LogP contribution is 2.06. The fourth-order valence-electron chi connectivity index (χ4n) is 2.07. The smallest absolute Gasteiger partial charge is 0.159 e. The van der Waals surface area contributed by atoms with Crippen molar-refractivity contribution < 1.29 is 0 Å². The largest absolute Gasteiger partial charge is 0.306 e. The Morgan fingerprint density at radius 1 is 1.14 bits per heavy atom. The minimum atomic E-state index is 0.519. The van der Waals surface area contributed by atoms with Crippen LogP contribution in [0.4, 0.5) is 0 Å². The molecule has 0 aliphatic heterocycles. The molecule has 3 heteroatoms. The number of nitrogens with one attached hydrogen (secondary N) is 1. The van der Waals surface area contributed by atoms with Gasteiger partial charge in [0.25, 0.3) is 0 Å². The van der Waals surface area contributed by atoms with Gasteiger partial charge in [0.1, 0.15) is 0 Å². The molecule has 84 valence electrons. The van der Waals surface area contributed by atoms with E-state index in [2.05, 4.69) is 52.0 Å². The average molecular weight is 198 g/mol. The minimum Gasteiger partial charge on any atom is -0.306 e. The van der Waals surface area contributed by atoms with Crippen LogP contribution in [0.3, 0.4) is 0 Å². The molecule has 0 spiro atoms. The van der Waals surface area contributed by atoms with Crippen molar-refractivity contribution in [3.8, 4) is 0 Å². The molecule has 0 saturated heterocycles. The first-order valence-electron chi connectivity index (χ1n) is 5.99. The van der Waals surface area contributed by atoms with Crippen LogP contribution in [0.5, 0.6) is 0 Å². The molecule has 0 saturated carbocycles. The quantitative estimate of drug-likeness (QED) is 0.499.